The molecule has 0 aliphatic heterocycles. The van der Waals surface area contributed by atoms with Gasteiger partial charge in [-0.15, -0.1) is 0 Å². The van der Waals surface area contributed by atoms with Crippen LogP contribution in [0.3, 0.4) is 0 Å². The zero-order valence-corrected chi connectivity index (χ0v) is 10.1. The summed E-state index contributed by atoms with van der Waals surface area (Å²) in [6.45, 7) is 0.164. The molecule has 1 heterocycles. The third kappa shape index (κ3) is 2.72. The van der Waals surface area contributed by atoms with Crippen LogP contribution < -0.4 is 10.3 Å². The van der Waals surface area contributed by atoms with E-state index in [1.54, 1.807) is 0 Å². The standard InChI is InChI=1S/C10H8N2O6S/c13-6-18-9-5-10(14)12(11-9)7-1-3-8(4-2-7)19(15,16)17/h1-6,11H,(H,15,16,17). The van der Waals surface area contributed by atoms with Crippen molar-refractivity contribution in [1.29, 1.82) is 0 Å². The van der Waals surface area contributed by atoms with Crippen LogP contribution in [-0.4, -0.2) is 29.2 Å². The number of aromatic amines is 1. The fraction of sp³-hybridized carbons (Fsp3) is 0. The first-order valence-electron chi connectivity index (χ1n) is 4.92. The van der Waals surface area contributed by atoms with Crippen molar-refractivity contribution in [2.24, 2.45) is 0 Å². The molecule has 0 aliphatic rings. The van der Waals surface area contributed by atoms with Crippen LogP contribution in [0.25, 0.3) is 5.69 Å². The Hall–Kier alpha value is -2.39. The lowest BCUT2D eigenvalue weighted by molar-refractivity contribution is -0.120. The molecule has 0 fully saturated rings. The highest BCUT2D eigenvalue weighted by Gasteiger charge is 2.10. The average molecular weight is 284 g/mol. The molecule has 2 aromatic rings. The van der Waals surface area contributed by atoms with Crippen LogP contribution in [0.15, 0.2) is 40.0 Å². The lowest BCUT2D eigenvalue weighted by atomic mass is 10.3. The number of benzene rings is 1. The van der Waals surface area contributed by atoms with Crippen molar-refractivity contribution < 1.29 is 22.5 Å². The lowest BCUT2D eigenvalue weighted by Crippen LogP contribution is -2.13. The Morgan fingerprint density at radius 2 is 1.89 bits per heavy atom. The van der Waals surface area contributed by atoms with Crippen molar-refractivity contribution in [3.8, 4) is 11.6 Å². The molecule has 0 amide bonds. The summed E-state index contributed by atoms with van der Waals surface area (Å²) in [5.41, 5.74) is -0.172. The SMILES string of the molecule is O=COc1cc(=O)n(-c2ccc(S(=O)(=O)O)cc2)[nH]1. The number of aromatic nitrogens is 2. The highest BCUT2D eigenvalue weighted by molar-refractivity contribution is 7.85. The highest BCUT2D eigenvalue weighted by atomic mass is 32.2. The molecule has 0 saturated carbocycles. The number of hydrogen-bond donors (Lipinski definition) is 2. The van der Waals surface area contributed by atoms with Gasteiger partial charge in [-0.1, -0.05) is 0 Å². The van der Waals surface area contributed by atoms with Crippen LogP contribution in [0.1, 0.15) is 0 Å². The Morgan fingerprint density at radius 1 is 1.26 bits per heavy atom. The van der Waals surface area contributed by atoms with Gasteiger partial charge in [0.25, 0.3) is 22.1 Å². The summed E-state index contributed by atoms with van der Waals surface area (Å²) in [6, 6.07) is 5.96. The predicted molar refractivity (Wildman–Crippen MR) is 62.9 cm³/mol. The molecule has 0 unspecified atom stereocenters. The van der Waals surface area contributed by atoms with Gasteiger partial charge in [0, 0.05) is 0 Å². The molecule has 19 heavy (non-hydrogen) atoms. The van der Waals surface area contributed by atoms with Crippen LogP contribution in [-0.2, 0) is 14.9 Å². The van der Waals surface area contributed by atoms with Crippen molar-refractivity contribution in [2.45, 2.75) is 4.90 Å². The number of ether oxygens (including phenoxy) is 1. The molecule has 8 nitrogen and oxygen atoms in total. The summed E-state index contributed by atoms with van der Waals surface area (Å²) < 4.78 is 36.1. The maximum atomic E-state index is 11.6. The van der Waals surface area contributed by atoms with E-state index in [0.29, 0.717) is 5.69 Å². The Morgan fingerprint density at radius 3 is 2.42 bits per heavy atom. The average Bonchev–Trinajstić information content (AvgIpc) is 2.70. The Labute approximate surface area is 107 Å². The van der Waals surface area contributed by atoms with Crippen molar-refractivity contribution >= 4 is 16.6 Å². The summed E-state index contributed by atoms with van der Waals surface area (Å²) in [5.74, 6) is -0.0427. The predicted octanol–water partition coefficient (Wildman–Crippen LogP) is -0.0525. The highest BCUT2D eigenvalue weighted by Crippen LogP contribution is 2.13. The number of rotatable bonds is 4. The number of carbonyl (C=O) groups is 1. The molecular formula is C10H8N2O6S. The largest absolute Gasteiger partial charge is 0.410 e. The maximum Gasteiger partial charge on any atom is 0.299 e. The normalized spacial score (nSPS) is 11.2. The van der Waals surface area contributed by atoms with Crippen LogP contribution in [0, 0.1) is 0 Å². The number of H-pyrrole nitrogens is 1. The summed E-state index contributed by atoms with van der Waals surface area (Å²) in [7, 11) is -4.28. The molecule has 1 aromatic heterocycles. The minimum atomic E-state index is -4.28. The van der Waals surface area contributed by atoms with Crippen LogP contribution in [0.2, 0.25) is 0 Å². The van der Waals surface area contributed by atoms with Gasteiger partial charge in [-0.2, -0.15) is 8.42 Å². The van der Waals surface area contributed by atoms with E-state index in [-0.39, 0.29) is 17.2 Å². The van der Waals surface area contributed by atoms with Gasteiger partial charge in [0.2, 0.25) is 5.88 Å². The number of nitrogens with one attached hydrogen (secondary N) is 1. The molecule has 0 atom stereocenters. The fourth-order valence-electron chi connectivity index (χ4n) is 1.45. The molecule has 0 radical (unpaired) electrons. The third-order valence-corrected chi connectivity index (χ3v) is 3.13. The van der Waals surface area contributed by atoms with E-state index < -0.39 is 15.7 Å². The Bertz CT molecular complexity index is 756. The minimum Gasteiger partial charge on any atom is -0.410 e. The van der Waals surface area contributed by atoms with E-state index in [4.69, 9.17) is 4.55 Å². The quantitative estimate of drug-likeness (QED) is 0.600. The fourth-order valence-corrected chi connectivity index (χ4v) is 1.93. The molecule has 100 valence electrons. The van der Waals surface area contributed by atoms with Crippen molar-refractivity contribution in [3.05, 3.63) is 40.7 Å². The number of hydrogen-bond acceptors (Lipinski definition) is 5. The molecule has 2 rings (SSSR count). The molecule has 0 aliphatic carbocycles. The summed E-state index contributed by atoms with van der Waals surface area (Å²) >= 11 is 0. The van der Waals surface area contributed by atoms with Gasteiger partial charge in [0.15, 0.2) is 0 Å². The van der Waals surface area contributed by atoms with Crippen LogP contribution in [0.4, 0.5) is 0 Å². The van der Waals surface area contributed by atoms with Gasteiger partial charge in [-0.05, 0) is 24.3 Å². The van der Waals surface area contributed by atoms with Gasteiger partial charge in [-0.25, -0.2) is 4.68 Å². The molecule has 0 saturated heterocycles. The van der Waals surface area contributed by atoms with Gasteiger partial charge in [0.1, 0.15) is 0 Å². The molecule has 9 heteroatoms. The third-order valence-electron chi connectivity index (χ3n) is 2.26. The molecule has 0 spiro atoms. The number of nitrogens with zero attached hydrogens (tertiary/aromatic N) is 1. The lowest BCUT2D eigenvalue weighted by Gasteiger charge is -2.02. The van der Waals surface area contributed by atoms with Crippen molar-refractivity contribution in [2.75, 3.05) is 0 Å². The van der Waals surface area contributed by atoms with Gasteiger partial charge < -0.3 is 4.74 Å². The van der Waals surface area contributed by atoms with Crippen molar-refractivity contribution in [3.63, 3.8) is 0 Å². The zero-order valence-electron chi connectivity index (χ0n) is 9.31. The smallest absolute Gasteiger partial charge is 0.299 e. The second-order valence-corrected chi connectivity index (χ2v) is 4.90. The first-order chi connectivity index (χ1) is 8.91. The van der Waals surface area contributed by atoms with E-state index in [2.05, 4.69) is 9.84 Å². The van der Waals surface area contributed by atoms with E-state index >= 15 is 0 Å². The van der Waals surface area contributed by atoms with Gasteiger partial charge in [-0.3, -0.25) is 19.2 Å². The maximum absolute atomic E-state index is 11.6. The minimum absolute atomic E-state index is 0.0427. The second-order valence-electron chi connectivity index (χ2n) is 3.48. The summed E-state index contributed by atoms with van der Waals surface area (Å²) in [5, 5.41) is 2.50. The summed E-state index contributed by atoms with van der Waals surface area (Å²) in [6.07, 6.45) is 0. The number of carbonyl (C=O) groups excluding carboxylic acids is 1. The van der Waals surface area contributed by atoms with Crippen LogP contribution >= 0.6 is 0 Å². The van der Waals surface area contributed by atoms with E-state index in [0.717, 1.165) is 22.9 Å². The Kier molecular flexibility index (Phi) is 3.23. The van der Waals surface area contributed by atoms with Crippen molar-refractivity contribution in [1.82, 2.24) is 9.78 Å². The van der Waals surface area contributed by atoms with Gasteiger partial charge in [0.05, 0.1) is 16.6 Å². The van der Waals surface area contributed by atoms with E-state index in [9.17, 15) is 18.0 Å². The monoisotopic (exact) mass is 284 g/mol. The molecule has 0 bridgehead atoms. The first-order valence-corrected chi connectivity index (χ1v) is 6.36. The second kappa shape index (κ2) is 4.71. The van der Waals surface area contributed by atoms with E-state index in [1.807, 2.05) is 0 Å². The molecular weight excluding hydrogens is 276 g/mol. The Balaban J connectivity index is 2.43. The first kappa shape index (κ1) is 13.1. The molecule has 1 aromatic carbocycles. The van der Waals surface area contributed by atoms with E-state index in [1.165, 1.54) is 12.1 Å². The topological polar surface area (TPSA) is 118 Å². The zero-order chi connectivity index (χ0) is 14.0. The van der Waals surface area contributed by atoms with Gasteiger partial charge >= 0.3 is 0 Å². The molecule has 2 N–H and O–H groups in total. The summed E-state index contributed by atoms with van der Waals surface area (Å²) in [4.78, 5) is 21.4. The van der Waals surface area contributed by atoms with Crippen LogP contribution in [0.5, 0.6) is 5.88 Å².